The van der Waals surface area contributed by atoms with Crippen molar-refractivity contribution in [2.45, 2.75) is 19.4 Å². The first kappa shape index (κ1) is 20.6. The van der Waals surface area contributed by atoms with Crippen molar-refractivity contribution in [3.63, 3.8) is 0 Å². The number of piperazine rings is 1. The molecule has 160 valence electrons. The Labute approximate surface area is 180 Å². The first-order valence-corrected chi connectivity index (χ1v) is 10.3. The maximum absolute atomic E-state index is 12.7. The molecule has 0 spiro atoms. The molecule has 2 aliphatic heterocycles. The molecule has 2 aromatic carbocycles. The molecule has 2 amide bonds. The van der Waals surface area contributed by atoms with Crippen molar-refractivity contribution >= 4 is 34.9 Å². The van der Waals surface area contributed by atoms with Gasteiger partial charge in [-0.15, -0.1) is 0 Å². The van der Waals surface area contributed by atoms with Gasteiger partial charge in [0.25, 0.3) is 0 Å². The van der Waals surface area contributed by atoms with E-state index in [4.69, 9.17) is 0 Å². The minimum absolute atomic E-state index is 0.00480. The summed E-state index contributed by atoms with van der Waals surface area (Å²) in [6, 6.07) is 16.1. The van der Waals surface area contributed by atoms with Gasteiger partial charge in [-0.05, 0) is 43.3 Å². The molecule has 4 rings (SSSR count). The molecular weight excluding hydrogens is 394 g/mol. The smallest absolute Gasteiger partial charge is 0.249 e. The minimum Gasteiger partial charge on any atom is -0.368 e. The quantitative estimate of drug-likeness (QED) is 0.739. The summed E-state index contributed by atoms with van der Waals surface area (Å²) in [4.78, 5) is 45.2. The third-order valence-electron chi connectivity index (χ3n) is 5.47. The lowest BCUT2D eigenvalue weighted by atomic mass is 10.1. The lowest BCUT2D eigenvalue weighted by molar-refractivity contribution is -0.125. The number of rotatable bonds is 4. The number of ketones is 1. The van der Waals surface area contributed by atoms with Crippen LogP contribution < -0.4 is 15.5 Å². The number of benzene rings is 2. The minimum atomic E-state index is -0.789. The number of nitrogens with one attached hydrogen (secondary N) is 2. The van der Waals surface area contributed by atoms with E-state index in [2.05, 4.69) is 32.7 Å². The van der Waals surface area contributed by atoms with E-state index in [1.807, 2.05) is 23.1 Å². The van der Waals surface area contributed by atoms with Gasteiger partial charge in [-0.1, -0.05) is 18.2 Å². The topological polar surface area (TPSA) is 94.1 Å². The third kappa shape index (κ3) is 4.91. The van der Waals surface area contributed by atoms with Crippen LogP contribution in [0.15, 0.2) is 59.6 Å². The summed E-state index contributed by atoms with van der Waals surface area (Å²) in [6.07, 6.45) is 0.00480. The molecule has 1 unspecified atom stereocenters. The van der Waals surface area contributed by atoms with Crippen LogP contribution in [0.5, 0.6) is 0 Å². The van der Waals surface area contributed by atoms with Crippen molar-refractivity contribution in [3.8, 4) is 0 Å². The zero-order valence-corrected chi connectivity index (χ0v) is 17.4. The number of nitrogens with zero attached hydrogens (tertiary/aromatic N) is 3. The molecule has 0 bridgehead atoms. The molecule has 2 heterocycles. The molecule has 8 heteroatoms. The van der Waals surface area contributed by atoms with Gasteiger partial charge in [-0.25, -0.2) is 4.99 Å². The predicted octanol–water partition coefficient (Wildman–Crippen LogP) is 1.89. The Morgan fingerprint density at radius 1 is 0.968 bits per heavy atom. The molecular formula is C23H25N5O3. The highest BCUT2D eigenvalue weighted by Crippen LogP contribution is 2.17. The van der Waals surface area contributed by atoms with Crippen molar-refractivity contribution in [2.24, 2.45) is 4.99 Å². The van der Waals surface area contributed by atoms with Crippen molar-refractivity contribution in [3.05, 3.63) is 60.2 Å². The average Bonchev–Trinajstić information content (AvgIpc) is 2.79. The number of hydrogen-bond acceptors (Lipinski definition) is 6. The van der Waals surface area contributed by atoms with E-state index in [0.29, 0.717) is 30.3 Å². The number of guanidine groups is 1. The van der Waals surface area contributed by atoms with Crippen molar-refractivity contribution in [2.75, 3.05) is 36.4 Å². The molecule has 2 aliphatic rings. The summed E-state index contributed by atoms with van der Waals surface area (Å²) >= 11 is 0. The Bertz CT molecular complexity index is 996. The molecule has 1 saturated heterocycles. The van der Waals surface area contributed by atoms with Crippen LogP contribution >= 0.6 is 0 Å². The molecule has 1 fully saturated rings. The van der Waals surface area contributed by atoms with Crippen molar-refractivity contribution in [1.82, 2.24) is 10.2 Å². The number of hydrogen-bond donors (Lipinski definition) is 2. The molecule has 2 aromatic rings. The highest BCUT2D eigenvalue weighted by molar-refractivity contribution is 6.06. The van der Waals surface area contributed by atoms with E-state index in [9.17, 15) is 14.4 Å². The fraction of sp³-hybridized carbons (Fsp3) is 0.304. The number of carbonyl (C=O) groups excluding carboxylic acids is 3. The molecule has 0 radical (unpaired) electrons. The molecule has 0 aliphatic carbocycles. The number of Topliss-reactive ketones (excluding diaryl/α,β-unsaturated/α-hetero) is 1. The number of amides is 2. The Hall–Kier alpha value is -3.68. The maximum atomic E-state index is 12.7. The molecule has 31 heavy (non-hydrogen) atoms. The fourth-order valence-corrected chi connectivity index (χ4v) is 3.72. The Kier molecular flexibility index (Phi) is 5.97. The Balaban J connectivity index is 1.40. The van der Waals surface area contributed by atoms with Gasteiger partial charge < -0.3 is 15.1 Å². The Morgan fingerprint density at radius 3 is 2.26 bits per heavy atom. The van der Waals surface area contributed by atoms with Gasteiger partial charge in [0.05, 0.1) is 6.42 Å². The first-order valence-electron chi connectivity index (χ1n) is 10.3. The number of anilines is 2. The zero-order chi connectivity index (χ0) is 21.8. The summed E-state index contributed by atoms with van der Waals surface area (Å²) in [7, 11) is 0. The zero-order valence-electron chi connectivity index (χ0n) is 17.4. The summed E-state index contributed by atoms with van der Waals surface area (Å²) in [5.41, 5.74) is 2.31. The number of aliphatic imine (C=N–C) groups is 1. The molecule has 8 nitrogen and oxygen atoms in total. The molecule has 0 aromatic heterocycles. The normalized spacial score (nSPS) is 18.8. The first-order chi connectivity index (χ1) is 15.0. The van der Waals surface area contributed by atoms with E-state index in [1.165, 1.54) is 12.6 Å². The summed E-state index contributed by atoms with van der Waals surface area (Å²) in [5.74, 6) is -0.145. The summed E-state index contributed by atoms with van der Waals surface area (Å²) in [5, 5.41) is 5.60. The van der Waals surface area contributed by atoms with Crippen LogP contribution in [0.2, 0.25) is 0 Å². The van der Waals surface area contributed by atoms with Crippen LogP contribution in [0.4, 0.5) is 11.4 Å². The second kappa shape index (κ2) is 8.99. The second-order valence-electron chi connectivity index (χ2n) is 7.65. The van der Waals surface area contributed by atoms with Crippen LogP contribution in [-0.4, -0.2) is 60.7 Å². The van der Waals surface area contributed by atoms with E-state index in [-0.39, 0.29) is 24.0 Å². The largest absolute Gasteiger partial charge is 0.368 e. The lowest BCUT2D eigenvalue weighted by Crippen LogP contribution is -2.56. The van der Waals surface area contributed by atoms with Crippen LogP contribution in [0.25, 0.3) is 0 Å². The van der Waals surface area contributed by atoms with Crippen molar-refractivity contribution < 1.29 is 14.4 Å². The average molecular weight is 419 g/mol. The second-order valence-corrected chi connectivity index (χ2v) is 7.65. The van der Waals surface area contributed by atoms with Gasteiger partial charge in [-0.2, -0.15) is 0 Å². The van der Waals surface area contributed by atoms with E-state index in [1.54, 1.807) is 24.3 Å². The molecule has 0 saturated carbocycles. The maximum Gasteiger partial charge on any atom is 0.249 e. The van der Waals surface area contributed by atoms with E-state index >= 15 is 0 Å². The van der Waals surface area contributed by atoms with Crippen molar-refractivity contribution in [1.29, 1.82) is 0 Å². The van der Waals surface area contributed by atoms with Gasteiger partial charge in [0, 0.05) is 43.1 Å². The van der Waals surface area contributed by atoms with E-state index < -0.39 is 6.04 Å². The summed E-state index contributed by atoms with van der Waals surface area (Å²) in [6.45, 7) is 4.50. The monoisotopic (exact) mass is 419 g/mol. The summed E-state index contributed by atoms with van der Waals surface area (Å²) < 4.78 is 0. The van der Waals surface area contributed by atoms with E-state index in [0.717, 1.165) is 13.1 Å². The van der Waals surface area contributed by atoms with Gasteiger partial charge >= 0.3 is 0 Å². The number of para-hydroxylation sites is 1. The SMILES string of the molecule is CC(=O)c1ccc(NC(=O)C2CC(=O)NC(N3CCN(c4ccccc4)CC3)=N2)cc1. The van der Waals surface area contributed by atoms with Crippen LogP contribution in [-0.2, 0) is 9.59 Å². The standard InChI is InChI=1S/C23H25N5O3/c1-16(29)17-7-9-18(10-8-17)24-22(31)20-15-21(30)26-23(25-20)28-13-11-27(12-14-28)19-5-3-2-4-6-19/h2-10,20H,11-15H2,1H3,(H,24,31)(H,25,26,30). The molecule has 1 atom stereocenters. The fourth-order valence-electron chi connectivity index (χ4n) is 3.72. The molecule has 2 N–H and O–H groups in total. The lowest BCUT2D eigenvalue weighted by Gasteiger charge is -2.38. The van der Waals surface area contributed by atoms with Gasteiger partial charge in [0.2, 0.25) is 17.8 Å². The Morgan fingerprint density at radius 2 is 1.61 bits per heavy atom. The highest BCUT2D eigenvalue weighted by atomic mass is 16.2. The highest BCUT2D eigenvalue weighted by Gasteiger charge is 2.30. The predicted molar refractivity (Wildman–Crippen MR) is 119 cm³/mol. The van der Waals surface area contributed by atoms with Crippen LogP contribution in [0.1, 0.15) is 23.7 Å². The van der Waals surface area contributed by atoms with Crippen LogP contribution in [0.3, 0.4) is 0 Å². The van der Waals surface area contributed by atoms with Crippen LogP contribution in [0, 0.1) is 0 Å². The third-order valence-corrected chi connectivity index (χ3v) is 5.47. The van der Waals surface area contributed by atoms with Gasteiger partial charge in [-0.3, -0.25) is 19.7 Å². The van der Waals surface area contributed by atoms with Gasteiger partial charge in [0.1, 0.15) is 6.04 Å². The number of carbonyl (C=O) groups is 3. The van der Waals surface area contributed by atoms with Gasteiger partial charge in [0.15, 0.2) is 5.78 Å².